The number of hydrogen-bond donors (Lipinski definition) is 3. The SMILES string of the molecule is CN=C(NCc1cccc(NC(=O)C2CCCC2)c1)NCc1ccccn1.I. The Bertz CT molecular complexity index is 775. The predicted molar refractivity (Wildman–Crippen MR) is 124 cm³/mol. The minimum atomic E-state index is 0. The van der Waals surface area contributed by atoms with Gasteiger partial charge in [0.2, 0.25) is 5.91 Å². The normalized spacial score (nSPS) is 14.2. The van der Waals surface area contributed by atoms with Crippen LogP contribution in [-0.4, -0.2) is 23.9 Å². The lowest BCUT2D eigenvalue weighted by Gasteiger charge is -2.13. The summed E-state index contributed by atoms with van der Waals surface area (Å²) in [7, 11) is 1.74. The molecule has 1 aliphatic carbocycles. The van der Waals surface area contributed by atoms with Crippen molar-refractivity contribution in [1.29, 1.82) is 0 Å². The zero-order chi connectivity index (χ0) is 18.9. The first-order valence-corrected chi connectivity index (χ1v) is 9.49. The maximum absolute atomic E-state index is 12.3. The van der Waals surface area contributed by atoms with E-state index < -0.39 is 0 Å². The lowest BCUT2D eigenvalue weighted by atomic mass is 10.1. The summed E-state index contributed by atoms with van der Waals surface area (Å²) in [6, 6.07) is 13.8. The van der Waals surface area contributed by atoms with Gasteiger partial charge in [-0.05, 0) is 42.7 Å². The highest BCUT2D eigenvalue weighted by Gasteiger charge is 2.22. The Balaban J connectivity index is 0.00000280. The summed E-state index contributed by atoms with van der Waals surface area (Å²) in [5.41, 5.74) is 2.89. The predicted octanol–water partition coefficient (Wildman–Crippen LogP) is 3.69. The second-order valence-corrected chi connectivity index (χ2v) is 6.77. The number of hydrogen-bond acceptors (Lipinski definition) is 3. The molecule has 0 bridgehead atoms. The quantitative estimate of drug-likeness (QED) is 0.326. The van der Waals surface area contributed by atoms with Crippen molar-refractivity contribution in [2.24, 2.45) is 10.9 Å². The van der Waals surface area contributed by atoms with Gasteiger partial charge in [-0.1, -0.05) is 31.0 Å². The van der Waals surface area contributed by atoms with Crippen LogP contribution in [0.4, 0.5) is 5.69 Å². The van der Waals surface area contributed by atoms with Crippen LogP contribution in [0, 0.1) is 5.92 Å². The van der Waals surface area contributed by atoms with Gasteiger partial charge in [-0.3, -0.25) is 14.8 Å². The molecule has 0 unspecified atom stereocenters. The van der Waals surface area contributed by atoms with Crippen LogP contribution in [0.5, 0.6) is 0 Å². The van der Waals surface area contributed by atoms with E-state index in [1.165, 1.54) is 0 Å². The van der Waals surface area contributed by atoms with Crippen LogP contribution in [0.2, 0.25) is 0 Å². The van der Waals surface area contributed by atoms with Gasteiger partial charge in [0.1, 0.15) is 0 Å². The first-order chi connectivity index (χ1) is 13.2. The average Bonchev–Trinajstić information content (AvgIpc) is 3.24. The summed E-state index contributed by atoms with van der Waals surface area (Å²) < 4.78 is 0. The van der Waals surface area contributed by atoms with E-state index >= 15 is 0 Å². The summed E-state index contributed by atoms with van der Waals surface area (Å²) in [5, 5.41) is 9.59. The van der Waals surface area contributed by atoms with E-state index in [1.807, 2.05) is 42.5 Å². The Labute approximate surface area is 183 Å². The molecule has 150 valence electrons. The van der Waals surface area contributed by atoms with Gasteiger partial charge >= 0.3 is 0 Å². The van der Waals surface area contributed by atoms with Gasteiger partial charge in [0.15, 0.2) is 5.96 Å². The molecule has 1 aromatic heterocycles. The highest BCUT2D eigenvalue weighted by molar-refractivity contribution is 14.0. The van der Waals surface area contributed by atoms with Crippen LogP contribution in [0.3, 0.4) is 0 Å². The average molecular weight is 493 g/mol. The Kier molecular flexibility index (Phi) is 9.19. The zero-order valence-electron chi connectivity index (χ0n) is 16.1. The fourth-order valence-electron chi connectivity index (χ4n) is 3.27. The van der Waals surface area contributed by atoms with Crippen LogP contribution in [0.25, 0.3) is 0 Å². The molecule has 0 aliphatic heterocycles. The molecule has 1 heterocycles. The molecule has 6 nitrogen and oxygen atoms in total. The van der Waals surface area contributed by atoms with Crippen LogP contribution in [0.15, 0.2) is 53.7 Å². The van der Waals surface area contributed by atoms with Crippen LogP contribution >= 0.6 is 24.0 Å². The summed E-state index contributed by atoms with van der Waals surface area (Å²) >= 11 is 0. The number of benzene rings is 1. The second kappa shape index (κ2) is 11.6. The zero-order valence-corrected chi connectivity index (χ0v) is 18.5. The third-order valence-electron chi connectivity index (χ3n) is 4.77. The second-order valence-electron chi connectivity index (χ2n) is 6.77. The number of nitrogens with zero attached hydrogens (tertiary/aromatic N) is 2. The van der Waals surface area contributed by atoms with Crippen molar-refractivity contribution < 1.29 is 4.79 Å². The minimum Gasteiger partial charge on any atom is -0.352 e. The largest absolute Gasteiger partial charge is 0.352 e. The number of guanidine groups is 1. The van der Waals surface area contributed by atoms with E-state index in [2.05, 4.69) is 25.9 Å². The molecule has 2 aromatic rings. The third kappa shape index (κ3) is 6.78. The molecule has 3 N–H and O–H groups in total. The van der Waals surface area contributed by atoms with E-state index in [-0.39, 0.29) is 35.8 Å². The molecule has 0 radical (unpaired) electrons. The number of carbonyl (C=O) groups excluding carboxylic acids is 1. The molecule has 1 aromatic carbocycles. The minimum absolute atomic E-state index is 0. The summed E-state index contributed by atoms with van der Waals surface area (Å²) in [6.45, 7) is 1.23. The fraction of sp³-hybridized carbons (Fsp3) is 0.381. The van der Waals surface area contributed by atoms with Crippen molar-refractivity contribution in [1.82, 2.24) is 15.6 Å². The van der Waals surface area contributed by atoms with Crippen molar-refractivity contribution in [2.75, 3.05) is 12.4 Å². The van der Waals surface area contributed by atoms with Gasteiger partial charge in [0.25, 0.3) is 0 Å². The van der Waals surface area contributed by atoms with Crippen LogP contribution < -0.4 is 16.0 Å². The number of aromatic nitrogens is 1. The van der Waals surface area contributed by atoms with E-state index in [4.69, 9.17) is 0 Å². The number of aliphatic imine (C=N–C) groups is 1. The van der Waals surface area contributed by atoms with Crippen LogP contribution in [0.1, 0.15) is 36.9 Å². The molecule has 7 heteroatoms. The highest BCUT2D eigenvalue weighted by Crippen LogP contribution is 2.26. The molecule has 1 fully saturated rings. The first kappa shape index (κ1) is 22.1. The lowest BCUT2D eigenvalue weighted by molar-refractivity contribution is -0.119. The van der Waals surface area contributed by atoms with E-state index in [0.717, 1.165) is 42.6 Å². The third-order valence-corrected chi connectivity index (χ3v) is 4.77. The maximum Gasteiger partial charge on any atom is 0.227 e. The molecule has 0 saturated heterocycles. The van der Waals surface area contributed by atoms with Gasteiger partial charge in [-0.15, -0.1) is 24.0 Å². The number of nitrogens with one attached hydrogen (secondary N) is 3. The Morgan fingerprint density at radius 3 is 2.61 bits per heavy atom. The van der Waals surface area contributed by atoms with Gasteiger partial charge in [0, 0.05) is 31.4 Å². The Morgan fingerprint density at radius 2 is 1.89 bits per heavy atom. The molecular formula is C21H28IN5O. The number of halogens is 1. The summed E-state index contributed by atoms with van der Waals surface area (Å²) in [5.74, 6) is 1.02. The number of anilines is 1. The molecule has 1 aliphatic rings. The molecule has 3 rings (SSSR count). The highest BCUT2D eigenvalue weighted by atomic mass is 127. The lowest BCUT2D eigenvalue weighted by Crippen LogP contribution is -2.36. The van der Waals surface area contributed by atoms with Gasteiger partial charge in [-0.25, -0.2) is 0 Å². The van der Waals surface area contributed by atoms with Crippen molar-refractivity contribution in [3.63, 3.8) is 0 Å². The number of pyridine rings is 1. The van der Waals surface area contributed by atoms with E-state index in [0.29, 0.717) is 19.0 Å². The first-order valence-electron chi connectivity index (χ1n) is 9.49. The summed E-state index contributed by atoms with van der Waals surface area (Å²) in [6.07, 6.45) is 6.11. The number of carbonyl (C=O) groups is 1. The standard InChI is InChI=1S/C21H27N5O.HI/c1-22-21(25-15-19-10-4-5-12-23-19)24-14-16-7-6-11-18(13-16)26-20(27)17-8-2-3-9-17;/h4-7,10-13,17H,2-3,8-9,14-15H2,1H3,(H,26,27)(H2,22,24,25);1H. The molecule has 1 amide bonds. The van der Waals surface area contributed by atoms with Gasteiger partial charge < -0.3 is 16.0 Å². The number of rotatable bonds is 6. The van der Waals surface area contributed by atoms with Crippen LogP contribution in [-0.2, 0) is 17.9 Å². The Morgan fingerprint density at radius 1 is 1.11 bits per heavy atom. The van der Waals surface area contributed by atoms with Gasteiger partial charge in [0.05, 0.1) is 12.2 Å². The monoisotopic (exact) mass is 493 g/mol. The Hall–Kier alpha value is -2.16. The van der Waals surface area contributed by atoms with E-state index in [1.54, 1.807) is 13.2 Å². The molecular weight excluding hydrogens is 465 g/mol. The van der Waals surface area contributed by atoms with Gasteiger partial charge in [-0.2, -0.15) is 0 Å². The molecule has 0 atom stereocenters. The number of amides is 1. The fourth-order valence-corrected chi connectivity index (χ4v) is 3.27. The summed E-state index contributed by atoms with van der Waals surface area (Å²) in [4.78, 5) is 20.8. The van der Waals surface area contributed by atoms with Crippen molar-refractivity contribution in [3.8, 4) is 0 Å². The van der Waals surface area contributed by atoms with Crippen molar-refractivity contribution >= 4 is 41.5 Å². The molecule has 28 heavy (non-hydrogen) atoms. The molecule has 1 saturated carbocycles. The molecule has 0 spiro atoms. The van der Waals surface area contributed by atoms with Crippen molar-refractivity contribution in [3.05, 3.63) is 59.9 Å². The van der Waals surface area contributed by atoms with E-state index in [9.17, 15) is 4.79 Å². The maximum atomic E-state index is 12.3. The topological polar surface area (TPSA) is 78.4 Å². The smallest absolute Gasteiger partial charge is 0.227 e. The van der Waals surface area contributed by atoms with Crippen molar-refractivity contribution in [2.45, 2.75) is 38.8 Å².